The minimum atomic E-state index is 0.293. The van der Waals surface area contributed by atoms with Gasteiger partial charge in [-0.3, -0.25) is 0 Å². The van der Waals surface area contributed by atoms with E-state index in [0.717, 1.165) is 25.6 Å². The summed E-state index contributed by atoms with van der Waals surface area (Å²) in [5.74, 6) is 0.967. The van der Waals surface area contributed by atoms with Crippen molar-refractivity contribution >= 4 is 22.1 Å². The van der Waals surface area contributed by atoms with Crippen molar-refractivity contribution in [2.75, 3.05) is 29.9 Å². The quantitative estimate of drug-likeness (QED) is 0.825. The average molecular weight is 338 g/mol. The molecule has 0 spiro atoms. The van der Waals surface area contributed by atoms with Gasteiger partial charge in [-0.15, -0.1) is 0 Å². The lowest BCUT2D eigenvalue weighted by atomic mass is 9.83. The Bertz CT molecular complexity index is 715. The molecule has 0 bridgehead atoms. The molecule has 2 unspecified atom stereocenters. The van der Waals surface area contributed by atoms with Crippen LogP contribution in [0.15, 0.2) is 36.4 Å². The Kier molecular flexibility index (Phi) is 4.85. The fourth-order valence-electron chi connectivity index (χ4n) is 4.13. The smallest absolute Gasteiger partial charge is 0.0726 e. The molecule has 25 heavy (non-hydrogen) atoms. The van der Waals surface area contributed by atoms with E-state index < -0.39 is 0 Å². The highest BCUT2D eigenvalue weighted by Crippen LogP contribution is 2.30. The van der Waals surface area contributed by atoms with Crippen LogP contribution in [0.5, 0.6) is 0 Å². The maximum Gasteiger partial charge on any atom is 0.0726 e. The number of hydrogen-bond donors (Lipinski definition) is 1. The van der Waals surface area contributed by atoms with Crippen molar-refractivity contribution in [1.82, 2.24) is 0 Å². The second kappa shape index (κ2) is 7.25. The highest BCUT2D eigenvalue weighted by molar-refractivity contribution is 5.88. The van der Waals surface area contributed by atoms with Crippen LogP contribution in [0.25, 0.3) is 10.8 Å². The van der Waals surface area contributed by atoms with E-state index in [-0.39, 0.29) is 0 Å². The van der Waals surface area contributed by atoms with Crippen LogP contribution in [-0.4, -0.2) is 31.8 Å². The first kappa shape index (κ1) is 16.7. The number of fused-ring (bicyclic) bond motifs is 1. The van der Waals surface area contributed by atoms with Crippen LogP contribution in [0, 0.1) is 5.92 Å². The molecule has 1 saturated carbocycles. The SMILES string of the molecule is CC1CN(c2ccc3cc(NCCC4CCC4)ccc3c2)CC(C)O1. The van der Waals surface area contributed by atoms with Crippen molar-refractivity contribution in [3.8, 4) is 0 Å². The van der Waals surface area contributed by atoms with Gasteiger partial charge in [-0.05, 0) is 61.2 Å². The number of ether oxygens (including phenoxy) is 1. The minimum absolute atomic E-state index is 0.293. The average Bonchev–Trinajstić information content (AvgIpc) is 2.55. The van der Waals surface area contributed by atoms with E-state index in [2.05, 4.69) is 60.5 Å². The summed E-state index contributed by atoms with van der Waals surface area (Å²) < 4.78 is 5.86. The molecule has 2 aliphatic rings. The molecule has 0 aromatic heterocycles. The fourth-order valence-corrected chi connectivity index (χ4v) is 4.13. The molecule has 2 aromatic rings. The Hall–Kier alpha value is -1.74. The van der Waals surface area contributed by atoms with Gasteiger partial charge in [-0.2, -0.15) is 0 Å². The van der Waals surface area contributed by atoms with Gasteiger partial charge in [0.05, 0.1) is 12.2 Å². The summed E-state index contributed by atoms with van der Waals surface area (Å²) in [4.78, 5) is 2.45. The number of rotatable bonds is 5. The molecule has 3 heteroatoms. The number of nitrogens with one attached hydrogen (secondary N) is 1. The monoisotopic (exact) mass is 338 g/mol. The molecular formula is C22H30N2O. The van der Waals surface area contributed by atoms with Gasteiger partial charge in [-0.1, -0.05) is 31.4 Å². The maximum atomic E-state index is 5.86. The molecule has 3 nitrogen and oxygen atoms in total. The highest BCUT2D eigenvalue weighted by Gasteiger charge is 2.22. The summed E-state index contributed by atoms with van der Waals surface area (Å²) >= 11 is 0. The van der Waals surface area contributed by atoms with Crippen LogP contribution in [0.1, 0.15) is 39.5 Å². The summed E-state index contributed by atoms with van der Waals surface area (Å²) in [6.07, 6.45) is 6.19. The van der Waals surface area contributed by atoms with E-state index in [1.54, 1.807) is 0 Å². The van der Waals surface area contributed by atoms with Crippen LogP contribution in [-0.2, 0) is 4.74 Å². The number of anilines is 2. The van der Waals surface area contributed by atoms with Gasteiger partial charge in [0.25, 0.3) is 0 Å². The van der Waals surface area contributed by atoms with Crippen LogP contribution in [0.3, 0.4) is 0 Å². The van der Waals surface area contributed by atoms with E-state index in [0.29, 0.717) is 12.2 Å². The number of benzene rings is 2. The Morgan fingerprint density at radius 2 is 1.72 bits per heavy atom. The lowest BCUT2D eigenvalue weighted by molar-refractivity contribution is -0.00520. The summed E-state index contributed by atoms with van der Waals surface area (Å²) in [5, 5.41) is 6.22. The first-order chi connectivity index (χ1) is 12.2. The predicted octanol–water partition coefficient (Wildman–Crippen LogP) is 5.06. The topological polar surface area (TPSA) is 24.5 Å². The van der Waals surface area contributed by atoms with Crippen molar-refractivity contribution in [2.24, 2.45) is 5.92 Å². The van der Waals surface area contributed by atoms with Crippen molar-refractivity contribution < 1.29 is 4.74 Å². The molecule has 1 saturated heterocycles. The van der Waals surface area contributed by atoms with Crippen molar-refractivity contribution in [3.63, 3.8) is 0 Å². The molecule has 1 N–H and O–H groups in total. The summed E-state index contributed by atoms with van der Waals surface area (Å²) in [7, 11) is 0. The Morgan fingerprint density at radius 3 is 2.44 bits per heavy atom. The third kappa shape index (κ3) is 3.92. The molecule has 1 aliphatic carbocycles. The molecule has 0 radical (unpaired) electrons. The second-order valence-corrected chi connectivity index (χ2v) is 7.92. The molecule has 0 amide bonds. The van der Waals surface area contributed by atoms with Crippen LogP contribution in [0.4, 0.5) is 11.4 Å². The summed E-state index contributed by atoms with van der Waals surface area (Å²) in [6.45, 7) is 7.35. The van der Waals surface area contributed by atoms with Crippen LogP contribution in [0.2, 0.25) is 0 Å². The van der Waals surface area contributed by atoms with Crippen LogP contribution < -0.4 is 10.2 Å². The normalized spacial score (nSPS) is 24.3. The molecular weight excluding hydrogens is 308 g/mol. The van der Waals surface area contributed by atoms with E-state index >= 15 is 0 Å². The number of nitrogens with zero attached hydrogens (tertiary/aromatic N) is 1. The van der Waals surface area contributed by atoms with Crippen molar-refractivity contribution in [1.29, 1.82) is 0 Å². The zero-order valence-corrected chi connectivity index (χ0v) is 15.5. The lowest BCUT2D eigenvalue weighted by Crippen LogP contribution is -2.45. The van der Waals surface area contributed by atoms with Crippen LogP contribution >= 0.6 is 0 Å². The standard InChI is InChI=1S/C22H30N2O/c1-16-14-24(15-17(2)25-16)22-9-7-19-12-21(8-6-20(19)13-22)23-11-10-18-4-3-5-18/h6-9,12-13,16-18,23H,3-5,10-11,14-15H2,1-2H3. The Labute approximate surface area is 151 Å². The van der Waals surface area contributed by atoms with Gasteiger partial charge in [0.1, 0.15) is 0 Å². The number of hydrogen-bond acceptors (Lipinski definition) is 3. The minimum Gasteiger partial charge on any atom is -0.385 e. The highest BCUT2D eigenvalue weighted by atomic mass is 16.5. The van der Waals surface area contributed by atoms with Gasteiger partial charge >= 0.3 is 0 Å². The second-order valence-electron chi connectivity index (χ2n) is 7.92. The molecule has 1 aliphatic heterocycles. The molecule has 2 aromatic carbocycles. The van der Waals surface area contributed by atoms with Gasteiger partial charge in [0.2, 0.25) is 0 Å². The molecule has 2 atom stereocenters. The van der Waals surface area contributed by atoms with Gasteiger partial charge in [-0.25, -0.2) is 0 Å². The zero-order chi connectivity index (χ0) is 17.2. The van der Waals surface area contributed by atoms with Gasteiger partial charge < -0.3 is 15.0 Å². The zero-order valence-electron chi connectivity index (χ0n) is 15.5. The molecule has 1 heterocycles. The number of morpholine rings is 1. The lowest BCUT2D eigenvalue weighted by Gasteiger charge is -2.37. The van der Waals surface area contributed by atoms with Crippen molar-refractivity contribution in [2.45, 2.75) is 51.7 Å². The predicted molar refractivity (Wildman–Crippen MR) is 107 cm³/mol. The first-order valence-corrected chi connectivity index (χ1v) is 9.85. The van der Waals surface area contributed by atoms with E-state index in [4.69, 9.17) is 4.74 Å². The first-order valence-electron chi connectivity index (χ1n) is 9.85. The summed E-state index contributed by atoms with van der Waals surface area (Å²) in [5.41, 5.74) is 2.55. The largest absolute Gasteiger partial charge is 0.385 e. The fraction of sp³-hybridized carbons (Fsp3) is 0.545. The summed E-state index contributed by atoms with van der Waals surface area (Å²) in [6, 6.07) is 13.6. The van der Waals surface area contributed by atoms with Crippen molar-refractivity contribution in [3.05, 3.63) is 36.4 Å². The maximum absolute atomic E-state index is 5.86. The van der Waals surface area contributed by atoms with Gasteiger partial charge in [0, 0.05) is 31.0 Å². The molecule has 134 valence electrons. The van der Waals surface area contributed by atoms with E-state index in [1.807, 2.05) is 0 Å². The molecule has 4 rings (SSSR count). The van der Waals surface area contributed by atoms with E-state index in [1.165, 1.54) is 47.8 Å². The Balaban J connectivity index is 1.44. The van der Waals surface area contributed by atoms with E-state index in [9.17, 15) is 0 Å². The van der Waals surface area contributed by atoms with Gasteiger partial charge in [0.15, 0.2) is 0 Å². The Morgan fingerprint density at radius 1 is 1.00 bits per heavy atom. The third-order valence-electron chi connectivity index (χ3n) is 5.72. The third-order valence-corrected chi connectivity index (χ3v) is 5.72. The molecule has 2 fully saturated rings.